The van der Waals surface area contributed by atoms with Gasteiger partial charge in [0.05, 0.1) is 0 Å². The molecule has 0 aliphatic rings. The highest BCUT2D eigenvalue weighted by molar-refractivity contribution is 7.80. The Balaban J connectivity index is 2.53. The van der Waals surface area contributed by atoms with Crippen molar-refractivity contribution in [3.05, 3.63) is 29.3 Å². The Morgan fingerprint density at radius 2 is 1.52 bits per heavy atom. The molecule has 1 aromatic rings. The molecule has 0 saturated heterocycles. The molecule has 0 atom stereocenters. The number of thiocarbonyl (C=S) groups is 1. The quantitative estimate of drug-likeness (QED) is 0.461. The van der Waals surface area contributed by atoms with Gasteiger partial charge in [0.25, 0.3) is 0 Å². The second-order valence-electron chi connectivity index (χ2n) is 5.34. The molecule has 0 spiro atoms. The van der Waals surface area contributed by atoms with Crippen LogP contribution < -0.4 is 5.32 Å². The van der Waals surface area contributed by atoms with E-state index in [1.165, 1.54) is 38.5 Å². The fraction of sp³-hybridized carbons (Fsp3) is 0.588. The fourth-order valence-electron chi connectivity index (χ4n) is 2.16. The number of hydrogen-bond acceptors (Lipinski definition) is 1. The molecule has 0 saturated carbocycles. The van der Waals surface area contributed by atoms with Crippen molar-refractivity contribution in [2.75, 3.05) is 18.4 Å². The molecule has 0 heterocycles. The monoisotopic (exact) mass is 326 g/mol. The van der Waals surface area contributed by atoms with Gasteiger partial charge in [0.2, 0.25) is 0 Å². The van der Waals surface area contributed by atoms with Crippen molar-refractivity contribution in [2.45, 2.75) is 52.4 Å². The van der Waals surface area contributed by atoms with Crippen molar-refractivity contribution in [2.24, 2.45) is 0 Å². The van der Waals surface area contributed by atoms with Gasteiger partial charge in [-0.25, -0.2) is 0 Å². The molecule has 4 heteroatoms. The molecule has 0 unspecified atom stereocenters. The van der Waals surface area contributed by atoms with Crippen LogP contribution in [0, 0.1) is 0 Å². The van der Waals surface area contributed by atoms with Crippen molar-refractivity contribution in [3.63, 3.8) is 0 Å². The highest BCUT2D eigenvalue weighted by atomic mass is 35.5. The van der Waals surface area contributed by atoms with Gasteiger partial charge in [-0.2, -0.15) is 0 Å². The minimum Gasteiger partial charge on any atom is -0.349 e. The molecule has 118 valence electrons. The smallest absolute Gasteiger partial charge is 0.173 e. The number of nitrogens with zero attached hydrogens (tertiary/aromatic N) is 1. The molecule has 0 aromatic heterocycles. The molecular formula is C17H27ClN2S. The first-order valence-corrected chi connectivity index (χ1v) is 8.77. The summed E-state index contributed by atoms with van der Waals surface area (Å²) in [5.74, 6) is 0. The highest BCUT2D eigenvalue weighted by Crippen LogP contribution is 2.14. The predicted octanol–water partition coefficient (Wildman–Crippen LogP) is 5.72. The van der Waals surface area contributed by atoms with E-state index in [9.17, 15) is 0 Å². The second-order valence-corrected chi connectivity index (χ2v) is 6.16. The number of hydrogen-bond donors (Lipinski definition) is 1. The van der Waals surface area contributed by atoms with Crippen LogP contribution in [0.2, 0.25) is 5.02 Å². The van der Waals surface area contributed by atoms with Crippen LogP contribution in [-0.4, -0.2) is 23.1 Å². The van der Waals surface area contributed by atoms with Crippen LogP contribution in [0.4, 0.5) is 5.69 Å². The lowest BCUT2D eigenvalue weighted by Gasteiger charge is -2.26. The molecule has 0 bridgehead atoms. The number of nitrogens with one attached hydrogen (secondary N) is 1. The topological polar surface area (TPSA) is 15.3 Å². The molecule has 0 amide bonds. The van der Waals surface area contributed by atoms with E-state index >= 15 is 0 Å². The Hall–Kier alpha value is -0.800. The third kappa shape index (κ3) is 7.68. The normalized spacial score (nSPS) is 10.4. The minimum absolute atomic E-state index is 0.745. The summed E-state index contributed by atoms with van der Waals surface area (Å²) in [5, 5.41) is 4.89. The average Bonchev–Trinajstić information content (AvgIpc) is 2.48. The summed E-state index contributed by atoms with van der Waals surface area (Å²) in [6, 6.07) is 7.69. The lowest BCUT2D eigenvalue weighted by molar-refractivity contribution is 0.395. The van der Waals surface area contributed by atoms with Crippen LogP contribution in [0.5, 0.6) is 0 Å². The van der Waals surface area contributed by atoms with Crippen LogP contribution in [0.1, 0.15) is 52.4 Å². The number of halogens is 1. The van der Waals surface area contributed by atoms with Gasteiger partial charge in [-0.15, -0.1) is 0 Å². The van der Waals surface area contributed by atoms with E-state index in [2.05, 4.69) is 24.1 Å². The summed E-state index contributed by atoms with van der Waals surface area (Å²) in [4.78, 5) is 2.30. The number of anilines is 1. The maximum atomic E-state index is 5.91. The largest absolute Gasteiger partial charge is 0.349 e. The van der Waals surface area contributed by atoms with Crippen LogP contribution >= 0.6 is 23.8 Å². The summed E-state index contributed by atoms with van der Waals surface area (Å²) in [7, 11) is 0. The van der Waals surface area contributed by atoms with Crippen molar-refractivity contribution >= 4 is 34.6 Å². The number of benzene rings is 1. The van der Waals surface area contributed by atoms with Crippen LogP contribution in [0.15, 0.2) is 24.3 Å². The maximum Gasteiger partial charge on any atom is 0.173 e. The van der Waals surface area contributed by atoms with E-state index in [-0.39, 0.29) is 0 Å². The number of unbranched alkanes of at least 4 members (excludes halogenated alkanes) is 4. The molecule has 2 nitrogen and oxygen atoms in total. The van der Waals surface area contributed by atoms with E-state index in [0.29, 0.717) is 0 Å². The van der Waals surface area contributed by atoms with E-state index in [0.717, 1.165) is 28.9 Å². The van der Waals surface area contributed by atoms with Gasteiger partial charge in [0.1, 0.15) is 0 Å². The van der Waals surface area contributed by atoms with Crippen molar-refractivity contribution in [1.82, 2.24) is 4.90 Å². The zero-order valence-electron chi connectivity index (χ0n) is 13.2. The Labute approximate surface area is 139 Å². The lowest BCUT2D eigenvalue weighted by atomic mass is 10.2. The maximum absolute atomic E-state index is 5.91. The van der Waals surface area contributed by atoms with Crippen LogP contribution in [-0.2, 0) is 0 Å². The first kappa shape index (κ1) is 18.2. The van der Waals surface area contributed by atoms with Gasteiger partial charge in [0, 0.05) is 23.8 Å². The van der Waals surface area contributed by atoms with Crippen molar-refractivity contribution in [3.8, 4) is 0 Å². The Kier molecular flexibility index (Phi) is 9.44. The first-order valence-electron chi connectivity index (χ1n) is 7.98. The van der Waals surface area contributed by atoms with E-state index in [4.69, 9.17) is 23.8 Å². The van der Waals surface area contributed by atoms with Gasteiger partial charge in [-0.05, 0) is 49.3 Å². The summed E-state index contributed by atoms with van der Waals surface area (Å²) in [5.41, 5.74) is 1.00. The molecule has 0 aliphatic carbocycles. The van der Waals surface area contributed by atoms with Crippen LogP contribution in [0.3, 0.4) is 0 Å². The molecular weight excluding hydrogens is 300 g/mol. The standard InChI is InChI=1S/C17H27ClN2S/c1-3-5-7-13-20(14-8-6-4-2)17(21)19-16-11-9-15(18)10-12-16/h9-12H,3-8,13-14H2,1-2H3,(H,19,21). The number of rotatable bonds is 9. The fourth-order valence-corrected chi connectivity index (χ4v) is 2.58. The first-order chi connectivity index (χ1) is 10.2. The SMILES string of the molecule is CCCCCN(CCCCC)C(=S)Nc1ccc(Cl)cc1. The molecule has 1 aromatic carbocycles. The van der Waals surface area contributed by atoms with E-state index in [1.807, 2.05) is 24.3 Å². The molecule has 0 fully saturated rings. The third-order valence-corrected chi connectivity index (χ3v) is 4.06. The Bertz CT molecular complexity index is 396. The zero-order chi connectivity index (χ0) is 15.5. The summed E-state index contributed by atoms with van der Waals surface area (Å²) >= 11 is 11.5. The molecule has 0 radical (unpaired) electrons. The molecule has 1 rings (SSSR count). The lowest BCUT2D eigenvalue weighted by Crippen LogP contribution is -2.36. The summed E-state index contributed by atoms with van der Waals surface area (Å²) in [6.07, 6.45) is 7.39. The molecule has 21 heavy (non-hydrogen) atoms. The summed E-state index contributed by atoms with van der Waals surface area (Å²) < 4.78 is 0. The Morgan fingerprint density at radius 1 is 1.00 bits per heavy atom. The predicted molar refractivity (Wildman–Crippen MR) is 98.3 cm³/mol. The summed E-state index contributed by atoms with van der Waals surface area (Å²) in [6.45, 7) is 6.53. The van der Waals surface area contributed by atoms with E-state index in [1.54, 1.807) is 0 Å². The second kappa shape index (κ2) is 10.9. The third-order valence-electron chi connectivity index (χ3n) is 3.45. The van der Waals surface area contributed by atoms with Crippen molar-refractivity contribution in [1.29, 1.82) is 0 Å². The average molecular weight is 327 g/mol. The van der Waals surface area contributed by atoms with Gasteiger partial charge < -0.3 is 10.2 Å². The highest BCUT2D eigenvalue weighted by Gasteiger charge is 2.09. The molecule has 1 N–H and O–H groups in total. The zero-order valence-corrected chi connectivity index (χ0v) is 14.8. The molecule has 0 aliphatic heterocycles. The Morgan fingerprint density at radius 3 is 2.00 bits per heavy atom. The minimum atomic E-state index is 0.745. The van der Waals surface area contributed by atoms with Gasteiger partial charge in [0.15, 0.2) is 5.11 Å². The van der Waals surface area contributed by atoms with Crippen molar-refractivity contribution < 1.29 is 0 Å². The van der Waals surface area contributed by atoms with Crippen LogP contribution in [0.25, 0.3) is 0 Å². The van der Waals surface area contributed by atoms with E-state index < -0.39 is 0 Å². The van der Waals surface area contributed by atoms with Gasteiger partial charge >= 0.3 is 0 Å². The van der Waals surface area contributed by atoms with Gasteiger partial charge in [-0.3, -0.25) is 0 Å². The van der Waals surface area contributed by atoms with Gasteiger partial charge in [-0.1, -0.05) is 51.1 Å².